The van der Waals surface area contributed by atoms with Crippen LogP contribution >= 0.6 is 23.6 Å². The molecule has 0 saturated heterocycles. The first-order valence-electron chi connectivity index (χ1n) is 4.46. The van der Waals surface area contributed by atoms with E-state index in [1.165, 1.54) is 11.3 Å². The summed E-state index contributed by atoms with van der Waals surface area (Å²) in [6.07, 6.45) is 1.71. The van der Waals surface area contributed by atoms with Crippen LogP contribution in [0.25, 0.3) is 0 Å². The fraction of sp³-hybridized carbons (Fsp3) is 0.500. The van der Waals surface area contributed by atoms with Crippen LogP contribution in [0.3, 0.4) is 0 Å². The SMILES string of the molecule is OCCOCCNC(=S)Nc1nccs1. The van der Waals surface area contributed by atoms with Crippen LogP contribution in [0.5, 0.6) is 0 Å². The van der Waals surface area contributed by atoms with Gasteiger partial charge in [-0.05, 0) is 12.2 Å². The molecule has 0 fully saturated rings. The van der Waals surface area contributed by atoms with Crippen molar-refractivity contribution in [2.24, 2.45) is 0 Å². The molecule has 1 aromatic rings. The van der Waals surface area contributed by atoms with Crippen molar-refractivity contribution in [3.05, 3.63) is 11.6 Å². The van der Waals surface area contributed by atoms with E-state index in [0.717, 1.165) is 5.13 Å². The number of aliphatic hydroxyl groups is 1. The molecule has 1 heterocycles. The summed E-state index contributed by atoms with van der Waals surface area (Å²) in [6.45, 7) is 1.52. The Bertz CT molecular complexity index is 279. The summed E-state index contributed by atoms with van der Waals surface area (Å²) in [5, 5.41) is 17.5. The van der Waals surface area contributed by atoms with Gasteiger partial charge < -0.3 is 20.5 Å². The van der Waals surface area contributed by atoms with Crippen molar-refractivity contribution in [1.82, 2.24) is 10.3 Å². The number of hydrogen-bond donors (Lipinski definition) is 3. The quantitative estimate of drug-likeness (QED) is 0.501. The molecular weight excluding hydrogens is 234 g/mol. The molecule has 0 radical (unpaired) electrons. The number of anilines is 1. The van der Waals surface area contributed by atoms with Crippen molar-refractivity contribution >= 4 is 33.8 Å². The molecule has 15 heavy (non-hydrogen) atoms. The zero-order valence-corrected chi connectivity index (χ0v) is 9.74. The van der Waals surface area contributed by atoms with E-state index in [1.54, 1.807) is 6.20 Å². The van der Waals surface area contributed by atoms with Crippen LogP contribution in [0.2, 0.25) is 0 Å². The molecule has 0 unspecified atom stereocenters. The fourth-order valence-corrected chi connectivity index (χ4v) is 1.63. The summed E-state index contributed by atoms with van der Waals surface area (Å²) in [4.78, 5) is 4.03. The highest BCUT2D eigenvalue weighted by Gasteiger charge is 1.98. The molecule has 0 aliphatic heterocycles. The minimum Gasteiger partial charge on any atom is -0.394 e. The molecule has 0 bridgehead atoms. The van der Waals surface area contributed by atoms with Gasteiger partial charge in [-0.15, -0.1) is 11.3 Å². The molecule has 7 heteroatoms. The highest BCUT2D eigenvalue weighted by atomic mass is 32.1. The van der Waals surface area contributed by atoms with Crippen LogP contribution in [0.15, 0.2) is 11.6 Å². The maximum atomic E-state index is 8.46. The van der Waals surface area contributed by atoms with Crippen LogP contribution in [0, 0.1) is 0 Å². The van der Waals surface area contributed by atoms with Crippen LogP contribution < -0.4 is 10.6 Å². The second-order valence-electron chi connectivity index (χ2n) is 2.55. The predicted octanol–water partition coefficient (Wildman–Crippen LogP) is 0.438. The zero-order valence-electron chi connectivity index (χ0n) is 8.10. The molecule has 0 aromatic carbocycles. The average Bonchev–Trinajstić information content (AvgIpc) is 2.70. The minimum atomic E-state index is 0.0435. The van der Waals surface area contributed by atoms with Gasteiger partial charge in [0.25, 0.3) is 0 Å². The Morgan fingerprint density at radius 1 is 1.60 bits per heavy atom. The largest absolute Gasteiger partial charge is 0.394 e. The van der Waals surface area contributed by atoms with Crippen molar-refractivity contribution < 1.29 is 9.84 Å². The zero-order chi connectivity index (χ0) is 10.9. The number of nitrogens with zero attached hydrogens (tertiary/aromatic N) is 1. The molecule has 5 nitrogen and oxygen atoms in total. The van der Waals surface area contributed by atoms with E-state index in [0.29, 0.717) is 24.9 Å². The van der Waals surface area contributed by atoms with Gasteiger partial charge in [-0.1, -0.05) is 0 Å². The van der Waals surface area contributed by atoms with E-state index >= 15 is 0 Å². The smallest absolute Gasteiger partial charge is 0.188 e. The maximum absolute atomic E-state index is 8.46. The number of ether oxygens (including phenoxy) is 1. The lowest BCUT2D eigenvalue weighted by Gasteiger charge is -2.07. The molecular formula is C8H13N3O2S2. The number of thiocarbonyl (C=S) groups is 1. The minimum absolute atomic E-state index is 0.0435. The highest BCUT2D eigenvalue weighted by Crippen LogP contribution is 2.09. The van der Waals surface area contributed by atoms with Crippen LogP contribution in [-0.2, 0) is 4.74 Å². The lowest BCUT2D eigenvalue weighted by molar-refractivity contribution is 0.0959. The molecule has 0 spiro atoms. The third kappa shape index (κ3) is 5.63. The molecule has 1 aromatic heterocycles. The Balaban J connectivity index is 2.04. The summed E-state index contributed by atoms with van der Waals surface area (Å²) in [6, 6.07) is 0. The Hall–Kier alpha value is -0.760. The molecule has 84 valence electrons. The number of hydrogen-bond acceptors (Lipinski definition) is 5. The van der Waals surface area contributed by atoms with Gasteiger partial charge in [0, 0.05) is 18.1 Å². The molecule has 0 amide bonds. The lowest BCUT2D eigenvalue weighted by atomic mass is 10.6. The summed E-state index contributed by atoms with van der Waals surface area (Å²) >= 11 is 6.50. The van der Waals surface area contributed by atoms with Crippen LogP contribution in [0.1, 0.15) is 0 Å². The second kappa shape index (κ2) is 7.52. The van der Waals surface area contributed by atoms with E-state index in [2.05, 4.69) is 15.6 Å². The predicted molar refractivity (Wildman–Crippen MR) is 64.2 cm³/mol. The molecule has 3 N–H and O–H groups in total. The van der Waals surface area contributed by atoms with E-state index in [4.69, 9.17) is 22.1 Å². The third-order valence-electron chi connectivity index (χ3n) is 1.42. The van der Waals surface area contributed by atoms with Crippen molar-refractivity contribution in [2.45, 2.75) is 0 Å². The first-order valence-corrected chi connectivity index (χ1v) is 5.74. The first kappa shape index (κ1) is 12.3. The van der Waals surface area contributed by atoms with Crippen LogP contribution in [-0.4, -0.2) is 41.6 Å². The van der Waals surface area contributed by atoms with Crippen molar-refractivity contribution in [1.29, 1.82) is 0 Å². The molecule has 0 aliphatic carbocycles. The first-order chi connectivity index (χ1) is 7.33. The van der Waals surface area contributed by atoms with Gasteiger partial charge in [-0.25, -0.2) is 4.98 Å². The molecule has 1 rings (SSSR count). The van der Waals surface area contributed by atoms with Gasteiger partial charge in [-0.2, -0.15) is 0 Å². The van der Waals surface area contributed by atoms with E-state index < -0.39 is 0 Å². The summed E-state index contributed by atoms with van der Waals surface area (Å²) in [5.74, 6) is 0. The Morgan fingerprint density at radius 2 is 2.47 bits per heavy atom. The van der Waals surface area contributed by atoms with Gasteiger partial charge in [0.05, 0.1) is 19.8 Å². The number of aliphatic hydroxyl groups excluding tert-OH is 1. The van der Waals surface area contributed by atoms with E-state index in [9.17, 15) is 0 Å². The Kier molecular flexibility index (Phi) is 6.17. The van der Waals surface area contributed by atoms with Crippen molar-refractivity contribution in [2.75, 3.05) is 31.7 Å². The monoisotopic (exact) mass is 247 g/mol. The van der Waals surface area contributed by atoms with Gasteiger partial charge in [0.2, 0.25) is 0 Å². The number of aromatic nitrogens is 1. The maximum Gasteiger partial charge on any atom is 0.188 e. The van der Waals surface area contributed by atoms with Gasteiger partial charge in [0.15, 0.2) is 10.2 Å². The number of nitrogens with one attached hydrogen (secondary N) is 2. The lowest BCUT2D eigenvalue weighted by Crippen LogP contribution is -2.31. The highest BCUT2D eigenvalue weighted by molar-refractivity contribution is 7.80. The van der Waals surface area contributed by atoms with Crippen molar-refractivity contribution in [3.8, 4) is 0 Å². The standard InChI is InChI=1S/C8H13N3O2S2/c12-3-5-13-4-1-9-7(14)11-8-10-2-6-15-8/h2,6,12H,1,3-5H2,(H2,9,10,11,14). The third-order valence-corrected chi connectivity index (χ3v) is 2.36. The molecule has 0 aliphatic rings. The van der Waals surface area contributed by atoms with Crippen LogP contribution in [0.4, 0.5) is 5.13 Å². The second-order valence-corrected chi connectivity index (χ2v) is 3.86. The van der Waals surface area contributed by atoms with E-state index in [-0.39, 0.29) is 6.61 Å². The molecule has 0 saturated carbocycles. The summed E-state index contributed by atoms with van der Waals surface area (Å²) < 4.78 is 5.06. The molecule has 0 atom stereocenters. The van der Waals surface area contributed by atoms with Crippen molar-refractivity contribution in [3.63, 3.8) is 0 Å². The average molecular weight is 247 g/mol. The summed E-state index contributed by atoms with van der Waals surface area (Å²) in [7, 11) is 0. The van der Waals surface area contributed by atoms with Gasteiger partial charge in [0.1, 0.15) is 0 Å². The topological polar surface area (TPSA) is 66.4 Å². The Labute approximate surface area is 97.5 Å². The Morgan fingerprint density at radius 3 is 3.13 bits per heavy atom. The fourth-order valence-electron chi connectivity index (χ4n) is 0.830. The van der Waals surface area contributed by atoms with Gasteiger partial charge in [-0.3, -0.25) is 0 Å². The normalized spacial score (nSPS) is 9.93. The van der Waals surface area contributed by atoms with E-state index in [1.807, 2.05) is 5.38 Å². The summed E-state index contributed by atoms with van der Waals surface area (Å²) in [5.41, 5.74) is 0. The number of rotatable bonds is 6. The number of thiazole rings is 1. The van der Waals surface area contributed by atoms with Gasteiger partial charge >= 0.3 is 0 Å².